The van der Waals surface area contributed by atoms with Crippen LogP contribution in [0.15, 0.2) is 44.4 Å². The minimum atomic E-state index is -3.52. The molecule has 0 atom stereocenters. The molecule has 0 radical (unpaired) electrons. The Kier molecular flexibility index (Phi) is 5.80. The number of rotatable bonds is 7. The van der Waals surface area contributed by atoms with Crippen LogP contribution in [0.1, 0.15) is 18.9 Å². The van der Waals surface area contributed by atoms with E-state index in [1.807, 2.05) is 11.4 Å². The third-order valence-corrected chi connectivity index (χ3v) is 6.09. The first-order valence-corrected chi connectivity index (χ1v) is 9.73. The lowest BCUT2D eigenvalue weighted by Crippen LogP contribution is -2.13. The Morgan fingerprint density at radius 1 is 1.29 bits per heavy atom. The van der Waals surface area contributed by atoms with Crippen molar-refractivity contribution in [2.75, 3.05) is 11.3 Å². The molecule has 2 rings (SSSR count). The molecule has 0 saturated carbocycles. The van der Waals surface area contributed by atoms with E-state index in [1.54, 1.807) is 24.3 Å². The van der Waals surface area contributed by atoms with Gasteiger partial charge in [0.1, 0.15) is 4.21 Å². The van der Waals surface area contributed by atoms with Crippen LogP contribution < -0.4 is 10.0 Å². The van der Waals surface area contributed by atoms with E-state index in [0.717, 1.165) is 23.0 Å². The minimum Gasteiger partial charge on any atom is -0.313 e. The summed E-state index contributed by atoms with van der Waals surface area (Å²) in [5.74, 6) is 0. The molecule has 0 saturated heterocycles. The molecule has 1 aromatic carbocycles. The van der Waals surface area contributed by atoms with E-state index in [2.05, 4.69) is 32.9 Å². The molecule has 0 aliphatic heterocycles. The zero-order valence-corrected chi connectivity index (χ0v) is 14.8. The Morgan fingerprint density at radius 2 is 2.10 bits per heavy atom. The van der Waals surface area contributed by atoms with E-state index in [0.29, 0.717) is 16.4 Å². The van der Waals surface area contributed by atoms with Gasteiger partial charge in [-0.3, -0.25) is 4.72 Å². The monoisotopic (exact) mass is 388 g/mol. The van der Waals surface area contributed by atoms with Crippen LogP contribution in [0.4, 0.5) is 5.69 Å². The Labute approximate surface area is 137 Å². The summed E-state index contributed by atoms with van der Waals surface area (Å²) in [6.45, 7) is 3.71. The number of thiophene rings is 1. The number of nitrogens with one attached hydrogen (secondary N) is 2. The molecule has 21 heavy (non-hydrogen) atoms. The first-order valence-electron chi connectivity index (χ1n) is 6.58. The van der Waals surface area contributed by atoms with E-state index < -0.39 is 10.0 Å². The van der Waals surface area contributed by atoms with Crippen molar-refractivity contribution in [2.24, 2.45) is 0 Å². The van der Waals surface area contributed by atoms with Gasteiger partial charge in [-0.25, -0.2) is 8.42 Å². The quantitative estimate of drug-likeness (QED) is 0.708. The van der Waals surface area contributed by atoms with Gasteiger partial charge in [0.15, 0.2) is 0 Å². The van der Waals surface area contributed by atoms with Gasteiger partial charge in [-0.05, 0) is 48.2 Å². The third kappa shape index (κ3) is 4.81. The van der Waals surface area contributed by atoms with Crippen LogP contribution in [0.25, 0.3) is 0 Å². The largest absolute Gasteiger partial charge is 0.313 e. The lowest BCUT2D eigenvalue weighted by Gasteiger charge is -2.06. The zero-order chi connectivity index (χ0) is 15.3. The fourth-order valence-electron chi connectivity index (χ4n) is 1.75. The summed E-state index contributed by atoms with van der Waals surface area (Å²) < 4.78 is 28.4. The molecule has 2 N–H and O–H groups in total. The highest BCUT2D eigenvalue weighted by molar-refractivity contribution is 9.10. The molecular weight excluding hydrogens is 372 g/mol. The first kappa shape index (κ1) is 16.5. The lowest BCUT2D eigenvalue weighted by molar-refractivity contribution is 0.603. The molecule has 0 aliphatic rings. The van der Waals surface area contributed by atoms with Crippen LogP contribution in [-0.4, -0.2) is 15.0 Å². The highest BCUT2D eigenvalue weighted by atomic mass is 79.9. The van der Waals surface area contributed by atoms with Crippen LogP contribution in [0.3, 0.4) is 0 Å². The Morgan fingerprint density at radius 3 is 2.81 bits per heavy atom. The van der Waals surface area contributed by atoms with Crippen LogP contribution >= 0.6 is 27.3 Å². The highest BCUT2D eigenvalue weighted by Gasteiger charge is 2.17. The smallest absolute Gasteiger partial charge is 0.271 e. The molecule has 7 heteroatoms. The van der Waals surface area contributed by atoms with Gasteiger partial charge in [-0.2, -0.15) is 0 Å². The number of halogens is 1. The Bertz CT molecular complexity index is 699. The van der Waals surface area contributed by atoms with Crippen molar-refractivity contribution >= 4 is 43.0 Å². The summed E-state index contributed by atoms with van der Waals surface area (Å²) in [5, 5.41) is 5.13. The van der Waals surface area contributed by atoms with Gasteiger partial charge in [0.05, 0.1) is 0 Å². The summed E-state index contributed by atoms with van der Waals surface area (Å²) in [6.07, 6.45) is 1.06. The van der Waals surface area contributed by atoms with E-state index in [4.69, 9.17) is 0 Å². The fourth-order valence-corrected chi connectivity index (χ4v) is 4.41. The molecule has 0 unspecified atom stereocenters. The number of anilines is 1. The normalized spacial score (nSPS) is 11.5. The van der Waals surface area contributed by atoms with E-state index in [-0.39, 0.29) is 0 Å². The average molecular weight is 389 g/mol. The van der Waals surface area contributed by atoms with Crippen LogP contribution in [-0.2, 0) is 16.6 Å². The molecule has 1 heterocycles. The number of hydrogen-bond acceptors (Lipinski definition) is 4. The standard InChI is InChI=1S/C14H17BrN2O2S2/c1-2-6-16-9-11-7-14(20-10-11)21(18,19)17-13-5-3-4-12(15)8-13/h3-5,7-8,10,16-17H,2,6,9H2,1H3. The molecule has 2 aromatic rings. The fraction of sp³-hybridized carbons (Fsp3) is 0.286. The maximum Gasteiger partial charge on any atom is 0.271 e. The van der Waals surface area contributed by atoms with Crippen molar-refractivity contribution in [1.29, 1.82) is 0 Å². The van der Waals surface area contributed by atoms with Crippen molar-refractivity contribution in [3.63, 3.8) is 0 Å². The number of benzene rings is 1. The Hall–Kier alpha value is -0.890. The molecule has 0 bridgehead atoms. The number of sulfonamides is 1. The van der Waals surface area contributed by atoms with E-state index >= 15 is 0 Å². The SMILES string of the molecule is CCCNCc1csc(S(=O)(=O)Nc2cccc(Br)c2)c1. The molecular formula is C14H17BrN2O2S2. The van der Waals surface area contributed by atoms with Gasteiger partial charge in [-0.1, -0.05) is 28.9 Å². The molecule has 1 aromatic heterocycles. The van der Waals surface area contributed by atoms with Crippen molar-refractivity contribution in [3.8, 4) is 0 Å². The topological polar surface area (TPSA) is 58.2 Å². The van der Waals surface area contributed by atoms with Crippen LogP contribution in [0, 0.1) is 0 Å². The van der Waals surface area contributed by atoms with Gasteiger partial charge in [0.25, 0.3) is 10.0 Å². The molecule has 114 valence electrons. The minimum absolute atomic E-state index is 0.329. The predicted octanol–water partition coefficient (Wildman–Crippen LogP) is 3.81. The van der Waals surface area contributed by atoms with Gasteiger partial charge in [0, 0.05) is 16.7 Å². The molecule has 0 fully saturated rings. The zero-order valence-electron chi connectivity index (χ0n) is 11.6. The average Bonchev–Trinajstić information content (AvgIpc) is 2.88. The summed E-state index contributed by atoms with van der Waals surface area (Å²) in [5.41, 5.74) is 1.53. The predicted molar refractivity (Wildman–Crippen MR) is 91.3 cm³/mol. The first-order chi connectivity index (χ1) is 10.0. The van der Waals surface area contributed by atoms with Crippen molar-refractivity contribution in [2.45, 2.75) is 24.1 Å². The Balaban J connectivity index is 2.09. The summed E-state index contributed by atoms with van der Waals surface area (Å²) in [7, 11) is -3.52. The van der Waals surface area contributed by atoms with Gasteiger partial charge in [-0.15, -0.1) is 11.3 Å². The summed E-state index contributed by atoms with van der Waals surface area (Å²) in [4.78, 5) is 0. The van der Waals surface area contributed by atoms with E-state index in [1.165, 1.54) is 11.3 Å². The van der Waals surface area contributed by atoms with Crippen LogP contribution in [0.2, 0.25) is 0 Å². The second-order valence-electron chi connectivity index (χ2n) is 4.57. The molecule has 0 spiro atoms. The second-order valence-corrected chi connectivity index (χ2v) is 8.30. The van der Waals surface area contributed by atoms with Crippen molar-refractivity contribution in [1.82, 2.24) is 5.32 Å². The van der Waals surface area contributed by atoms with Gasteiger partial charge in [0.2, 0.25) is 0 Å². The van der Waals surface area contributed by atoms with Crippen LogP contribution in [0.5, 0.6) is 0 Å². The lowest BCUT2D eigenvalue weighted by atomic mass is 10.3. The summed E-state index contributed by atoms with van der Waals surface area (Å²) in [6, 6.07) is 8.80. The second kappa shape index (κ2) is 7.40. The molecule has 0 aliphatic carbocycles. The molecule has 0 amide bonds. The highest BCUT2D eigenvalue weighted by Crippen LogP contribution is 2.24. The third-order valence-electron chi connectivity index (χ3n) is 2.73. The van der Waals surface area contributed by atoms with Gasteiger partial charge < -0.3 is 5.32 Å². The molecule has 4 nitrogen and oxygen atoms in total. The van der Waals surface area contributed by atoms with Crippen molar-refractivity contribution in [3.05, 3.63) is 45.7 Å². The summed E-state index contributed by atoms with van der Waals surface area (Å²) >= 11 is 4.56. The van der Waals surface area contributed by atoms with E-state index in [9.17, 15) is 8.42 Å². The maximum absolute atomic E-state index is 12.3. The van der Waals surface area contributed by atoms with Crippen molar-refractivity contribution < 1.29 is 8.42 Å². The maximum atomic E-state index is 12.3. The van der Waals surface area contributed by atoms with Gasteiger partial charge >= 0.3 is 0 Å². The number of hydrogen-bond donors (Lipinski definition) is 2.